The number of sulfonamides is 1. The molecule has 1 heterocycles. The predicted molar refractivity (Wildman–Crippen MR) is 123 cm³/mol. The molecule has 4 rings (SSSR count). The number of para-hydroxylation sites is 1. The summed E-state index contributed by atoms with van der Waals surface area (Å²) in [6.07, 6.45) is 2.44. The number of nitrogens with one attached hydrogen (secondary N) is 1. The topological polar surface area (TPSA) is 66.5 Å². The average molecular weight is 435 g/mol. The molecule has 0 aromatic heterocycles. The van der Waals surface area contributed by atoms with E-state index in [1.807, 2.05) is 49.4 Å². The van der Waals surface area contributed by atoms with Crippen molar-refractivity contribution in [3.05, 3.63) is 95.1 Å². The molecule has 0 spiro atoms. The van der Waals surface area contributed by atoms with Crippen molar-refractivity contribution in [2.24, 2.45) is 0 Å². The zero-order valence-electron chi connectivity index (χ0n) is 17.5. The van der Waals surface area contributed by atoms with Gasteiger partial charge < -0.3 is 5.32 Å². The van der Waals surface area contributed by atoms with Crippen LogP contribution in [0.5, 0.6) is 0 Å². The Kier molecular flexibility index (Phi) is 6.20. The third-order valence-electron chi connectivity index (χ3n) is 5.66. The Morgan fingerprint density at radius 2 is 1.61 bits per heavy atom. The molecule has 5 nitrogen and oxygen atoms in total. The van der Waals surface area contributed by atoms with E-state index in [0.717, 1.165) is 35.2 Å². The van der Waals surface area contributed by atoms with Crippen LogP contribution in [0.25, 0.3) is 0 Å². The fourth-order valence-corrected chi connectivity index (χ4v) is 5.43. The van der Waals surface area contributed by atoms with Gasteiger partial charge in [0.2, 0.25) is 10.0 Å². The molecule has 3 aromatic rings. The van der Waals surface area contributed by atoms with Crippen LogP contribution >= 0.6 is 0 Å². The van der Waals surface area contributed by atoms with Gasteiger partial charge in [0.25, 0.3) is 5.91 Å². The molecule has 0 saturated carbocycles. The third kappa shape index (κ3) is 4.70. The van der Waals surface area contributed by atoms with Gasteiger partial charge >= 0.3 is 0 Å². The van der Waals surface area contributed by atoms with E-state index in [0.29, 0.717) is 25.1 Å². The third-order valence-corrected chi connectivity index (χ3v) is 7.55. The van der Waals surface area contributed by atoms with Crippen molar-refractivity contribution in [3.63, 3.8) is 0 Å². The molecule has 1 amide bonds. The van der Waals surface area contributed by atoms with Crippen LogP contribution in [0.1, 0.15) is 39.9 Å². The molecule has 1 fully saturated rings. The normalized spacial score (nSPS) is 14.5. The molecular formula is C25H26N2O3S. The summed E-state index contributed by atoms with van der Waals surface area (Å²) in [6, 6.07) is 22.5. The van der Waals surface area contributed by atoms with Crippen molar-refractivity contribution in [1.29, 1.82) is 0 Å². The maximum absolute atomic E-state index is 13.1. The summed E-state index contributed by atoms with van der Waals surface area (Å²) in [5.74, 6) is -0.309. The molecule has 1 aliphatic heterocycles. The minimum Gasteiger partial charge on any atom is -0.322 e. The monoisotopic (exact) mass is 434 g/mol. The first-order valence-electron chi connectivity index (χ1n) is 10.5. The van der Waals surface area contributed by atoms with Crippen LogP contribution in [0.15, 0.2) is 77.7 Å². The lowest BCUT2D eigenvalue weighted by Crippen LogP contribution is -2.28. The number of carbonyl (C=O) groups is 1. The largest absolute Gasteiger partial charge is 0.322 e. The van der Waals surface area contributed by atoms with E-state index in [1.165, 1.54) is 10.4 Å². The standard InChI is InChI=1S/C25H26N2O3S/c1-19-13-14-22(31(29,30)27-15-7-8-16-27)18-23(19)25(28)26-24-12-6-5-11-21(24)17-20-9-3-2-4-10-20/h2-6,9-14,18H,7-8,15-17H2,1H3,(H,26,28). The van der Waals surface area contributed by atoms with Crippen LogP contribution in [0.3, 0.4) is 0 Å². The number of benzene rings is 3. The van der Waals surface area contributed by atoms with Gasteiger partial charge in [0.05, 0.1) is 4.90 Å². The van der Waals surface area contributed by atoms with Gasteiger partial charge in [-0.2, -0.15) is 4.31 Å². The lowest BCUT2D eigenvalue weighted by atomic mass is 10.0. The molecule has 160 valence electrons. The first-order valence-corrected chi connectivity index (χ1v) is 11.9. The minimum absolute atomic E-state index is 0.169. The Morgan fingerprint density at radius 1 is 0.935 bits per heavy atom. The highest BCUT2D eigenvalue weighted by Crippen LogP contribution is 2.25. The van der Waals surface area contributed by atoms with Crippen molar-refractivity contribution < 1.29 is 13.2 Å². The van der Waals surface area contributed by atoms with Crippen LogP contribution in [0.4, 0.5) is 5.69 Å². The van der Waals surface area contributed by atoms with Gasteiger partial charge in [0.1, 0.15) is 0 Å². The second-order valence-corrected chi connectivity index (χ2v) is 9.80. The van der Waals surface area contributed by atoms with Gasteiger partial charge in [-0.05, 0) is 61.1 Å². The number of hydrogen-bond donors (Lipinski definition) is 1. The Balaban J connectivity index is 1.60. The molecule has 1 saturated heterocycles. The molecule has 31 heavy (non-hydrogen) atoms. The highest BCUT2D eigenvalue weighted by molar-refractivity contribution is 7.89. The van der Waals surface area contributed by atoms with Crippen LogP contribution in [0.2, 0.25) is 0 Å². The minimum atomic E-state index is -3.58. The molecule has 0 radical (unpaired) electrons. The fourth-order valence-electron chi connectivity index (χ4n) is 3.89. The number of anilines is 1. The molecule has 0 unspecified atom stereocenters. The lowest BCUT2D eigenvalue weighted by molar-refractivity contribution is 0.102. The second kappa shape index (κ2) is 9.04. The zero-order chi connectivity index (χ0) is 21.8. The van der Waals surface area contributed by atoms with E-state index in [-0.39, 0.29) is 10.8 Å². The van der Waals surface area contributed by atoms with Crippen molar-refractivity contribution in [3.8, 4) is 0 Å². The van der Waals surface area contributed by atoms with Crippen LogP contribution in [0, 0.1) is 6.92 Å². The van der Waals surface area contributed by atoms with Crippen molar-refractivity contribution >= 4 is 21.6 Å². The van der Waals surface area contributed by atoms with Gasteiger partial charge in [0.15, 0.2) is 0 Å². The quantitative estimate of drug-likeness (QED) is 0.615. The van der Waals surface area contributed by atoms with E-state index in [1.54, 1.807) is 12.1 Å². The number of carbonyl (C=O) groups excluding carboxylic acids is 1. The number of rotatable bonds is 6. The van der Waals surface area contributed by atoms with Gasteiger partial charge in [-0.15, -0.1) is 0 Å². The summed E-state index contributed by atoms with van der Waals surface area (Å²) in [7, 11) is -3.58. The zero-order valence-corrected chi connectivity index (χ0v) is 18.4. The Bertz CT molecular complexity index is 1180. The van der Waals surface area contributed by atoms with E-state index >= 15 is 0 Å². The summed E-state index contributed by atoms with van der Waals surface area (Å²) in [5, 5.41) is 2.99. The molecule has 6 heteroatoms. The smallest absolute Gasteiger partial charge is 0.255 e. The molecule has 1 aliphatic rings. The van der Waals surface area contributed by atoms with Gasteiger partial charge in [-0.1, -0.05) is 54.6 Å². The van der Waals surface area contributed by atoms with Gasteiger partial charge in [0, 0.05) is 24.3 Å². The predicted octanol–water partition coefficient (Wildman–Crippen LogP) is 4.62. The summed E-state index contributed by atoms with van der Waals surface area (Å²) in [4.78, 5) is 13.3. The number of hydrogen-bond acceptors (Lipinski definition) is 3. The van der Waals surface area contributed by atoms with Crippen LogP contribution < -0.4 is 5.32 Å². The lowest BCUT2D eigenvalue weighted by Gasteiger charge is -2.17. The number of aryl methyl sites for hydroxylation is 1. The number of nitrogens with zero attached hydrogens (tertiary/aromatic N) is 1. The highest BCUT2D eigenvalue weighted by Gasteiger charge is 2.28. The number of amides is 1. The maximum atomic E-state index is 13.1. The fraction of sp³-hybridized carbons (Fsp3) is 0.240. The van der Waals surface area contributed by atoms with Crippen LogP contribution in [-0.4, -0.2) is 31.7 Å². The van der Waals surface area contributed by atoms with Crippen molar-refractivity contribution in [1.82, 2.24) is 4.31 Å². The van der Waals surface area contributed by atoms with Gasteiger partial charge in [-0.25, -0.2) is 8.42 Å². The molecule has 3 aromatic carbocycles. The molecule has 0 atom stereocenters. The van der Waals surface area contributed by atoms with E-state index < -0.39 is 10.0 Å². The van der Waals surface area contributed by atoms with E-state index in [2.05, 4.69) is 17.4 Å². The van der Waals surface area contributed by atoms with Crippen molar-refractivity contribution in [2.45, 2.75) is 31.1 Å². The Hall–Kier alpha value is -2.96. The molecule has 0 aliphatic carbocycles. The first kappa shape index (κ1) is 21.3. The van der Waals surface area contributed by atoms with E-state index in [9.17, 15) is 13.2 Å². The van der Waals surface area contributed by atoms with Crippen molar-refractivity contribution in [2.75, 3.05) is 18.4 Å². The van der Waals surface area contributed by atoms with E-state index in [4.69, 9.17) is 0 Å². The summed E-state index contributed by atoms with van der Waals surface area (Å²) in [6.45, 7) is 2.88. The maximum Gasteiger partial charge on any atom is 0.255 e. The van der Waals surface area contributed by atoms with Crippen LogP contribution in [-0.2, 0) is 16.4 Å². The Morgan fingerprint density at radius 3 is 2.35 bits per heavy atom. The molecular weight excluding hydrogens is 408 g/mol. The SMILES string of the molecule is Cc1ccc(S(=O)(=O)N2CCCC2)cc1C(=O)Nc1ccccc1Cc1ccccc1. The first-order chi connectivity index (χ1) is 14.9. The summed E-state index contributed by atoms with van der Waals surface area (Å²) >= 11 is 0. The second-order valence-electron chi connectivity index (χ2n) is 7.86. The average Bonchev–Trinajstić information content (AvgIpc) is 3.32. The molecule has 1 N–H and O–H groups in total. The Labute approximate surface area is 183 Å². The summed E-state index contributed by atoms with van der Waals surface area (Å²) < 4.78 is 27.4. The molecule has 0 bridgehead atoms. The highest BCUT2D eigenvalue weighted by atomic mass is 32.2. The van der Waals surface area contributed by atoms with Gasteiger partial charge in [-0.3, -0.25) is 4.79 Å². The summed E-state index contributed by atoms with van der Waals surface area (Å²) in [5.41, 5.74) is 3.98.